The van der Waals surface area contributed by atoms with Crippen molar-refractivity contribution in [2.45, 2.75) is 37.5 Å². The Morgan fingerprint density at radius 2 is 1.89 bits per heavy atom. The largest absolute Gasteiger partial charge is 0.389 e. The molecule has 0 saturated carbocycles. The van der Waals surface area contributed by atoms with E-state index in [9.17, 15) is 13.2 Å². The Balaban J connectivity index is 2.62. The number of hydrogen-bond acceptors (Lipinski definition) is 2. The Morgan fingerprint density at radius 1 is 1.26 bits per heavy atom. The van der Waals surface area contributed by atoms with Crippen molar-refractivity contribution in [2.75, 3.05) is 0 Å². The van der Waals surface area contributed by atoms with Gasteiger partial charge in [0.15, 0.2) is 0 Å². The van der Waals surface area contributed by atoms with Crippen molar-refractivity contribution in [2.24, 2.45) is 10.8 Å². The molecule has 0 fully saturated rings. The third kappa shape index (κ3) is 6.13. The summed E-state index contributed by atoms with van der Waals surface area (Å²) in [6.07, 6.45) is -5.18. The summed E-state index contributed by atoms with van der Waals surface area (Å²) in [6.45, 7) is 0. The molecule has 7 heteroatoms. The SMILES string of the molecule is [N-]=[N+]=N[C@@H](CCC(F)(F)F)[C@@H](N)Cc1ccccc1. The van der Waals surface area contributed by atoms with Gasteiger partial charge in [-0.2, -0.15) is 13.2 Å². The molecule has 0 aliphatic heterocycles. The molecule has 0 aliphatic rings. The number of rotatable bonds is 6. The maximum Gasteiger partial charge on any atom is 0.389 e. The van der Waals surface area contributed by atoms with Gasteiger partial charge in [-0.1, -0.05) is 35.4 Å². The first-order chi connectivity index (χ1) is 8.92. The molecule has 1 aromatic rings. The highest BCUT2D eigenvalue weighted by Gasteiger charge is 2.29. The van der Waals surface area contributed by atoms with Gasteiger partial charge in [0, 0.05) is 17.4 Å². The molecule has 2 atom stereocenters. The fourth-order valence-electron chi connectivity index (χ4n) is 1.76. The molecule has 0 unspecified atom stereocenters. The fourth-order valence-corrected chi connectivity index (χ4v) is 1.76. The molecule has 2 N–H and O–H groups in total. The zero-order chi connectivity index (χ0) is 14.3. The van der Waals surface area contributed by atoms with E-state index < -0.39 is 24.7 Å². The summed E-state index contributed by atoms with van der Waals surface area (Å²) in [5.74, 6) is 0. The molecular weight excluding hydrogens is 257 g/mol. The van der Waals surface area contributed by atoms with Gasteiger partial charge in [0.1, 0.15) is 0 Å². The van der Waals surface area contributed by atoms with Crippen LogP contribution in [0.25, 0.3) is 10.4 Å². The second-order valence-electron chi connectivity index (χ2n) is 4.28. The van der Waals surface area contributed by atoms with Crippen molar-refractivity contribution < 1.29 is 13.2 Å². The zero-order valence-electron chi connectivity index (χ0n) is 10.2. The van der Waals surface area contributed by atoms with E-state index in [4.69, 9.17) is 11.3 Å². The van der Waals surface area contributed by atoms with Crippen LogP contribution in [0.4, 0.5) is 13.2 Å². The smallest absolute Gasteiger partial charge is 0.327 e. The number of nitrogens with two attached hydrogens (primary N) is 1. The van der Waals surface area contributed by atoms with Gasteiger partial charge in [-0.15, -0.1) is 0 Å². The van der Waals surface area contributed by atoms with Crippen LogP contribution in [-0.4, -0.2) is 18.3 Å². The summed E-state index contributed by atoms with van der Waals surface area (Å²) < 4.78 is 36.5. The Kier molecular flexibility index (Phi) is 5.66. The Labute approximate surface area is 109 Å². The molecule has 0 radical (unpaired) electrons. The molecular formula is C12H15F3N4. The first kappa shape index (κ1) is 15.3. The lowest BCUT2D eigenvalue weighted by molar-refractivity contribution is -0.136. The molecule has 0 aliphatic carbocycles. The van der Waals surface area contributed by atoms with Crippen LogP contribution in [0.1, 0.15) is 18.4 Å². The van der Waals surface area contributed by atoms with Crippen LogP contribution in [0.2, 0.25) is 0 Å². The van der Waals surface area contributed by atoms with Crippen LogP contribution in [0.3, 0.4) is 0 Å². The predicted molar refractivity (Wildman–Crippen MR) is 66.3 cm³/mol. The van der Waals surface area contributed by atoms with E-state index >= 15 is 0 Å². The van der Waals surface area contributed by atoms with Crippen molar-refractivity contribution in [1.29, 1.82) is 0 Å². The lowest BCUT2D eigenvalue weighted by Crippen LogP contribution is -2.36. The third-order valence-electron chi connectivity index (χ3n) is 2.73. The maximum absolute atomic E-state index is 12.2. The van der Waals surface area contributed by atoms with E-state index in [1.54, 1.807) is 0 Å². The molecule has 0 spiro atoms. The summed E-state index contributed by atoms with van der Waals surface area (Å²) in [4.78, 5) is 2.58. The van der Waals surface area contributed by atoms with E-state index in [1.165, 1.54) is 0 Å². The molecule has 0 amide bonds. The molecule has 1 rings (SSSR count). The second kappa shape index (κ2) is 7.01. The van der Waals surface area contributed by atoms with Gasteiger partial charge in [-0.3, -0.25) is 0 Å². The number of hydrogen-bond donors (Lipinski definition) is 1. The molecule has 4 nitrogen and oxygen atoms in total. The lowest BCUT2D eigenvalue weighted by atomic mass is 9.97. The van der Waals surface area contributed by atoms with Gasteiger partial charge in [0.2, 0.25) is 0 Å². The van der Waals surface area contributed by atoms with Crippen molar-refractivity contribution in [1.82, 2.24) is 0 Å². The summed E-state index contributed by atoms with van der Waals surface area (Å²) >= 11 is 0. The van der Waals surface area contributed by atoms with Crippen molar-refractivity contribution in [3.8, 4) is 0 Å². The van der Waals surface area contributed by atoms with Gasteiger partial charge in [0.25, 0.3) is 0 Å². The predicted octanol–water partition coefficient (Wildman–Crippen LogP) is 3.58. The summed E-state index contributed by atoms with van der Waals surface area (Å²) in [6, 6.07) is 7.66. The third-order valence-corrected chi connectivity index (χ3v) is 2.73. The minimum absolute atomic E-state index is 0.290. The van der Waals surface area contributed by atoms with Gasteiger partial charge in [0.05, 0.1) is 6.04 Å². The highest BCUT2D eigenvalue weighted by atomic mass is 19.4. The van der Waals surface area contributed by atoms with E-state index in [2.05, 4.69) is 10.0 Å². The van der Waals surface area contributed by atoms with Crippen molar-refractivity contribution >= 4 is 0 Å². The molecule has 0 saturated heterocycles. The summed E-state index contributed by atoms with van der Waals surface area (Å²) in [5, 5.41) is 3.38. The topological polar surface area (TPSA) is 74.8 Å². The molecule has 0 aromatic heterocycles. The minimum atomic E-state index is -4.27. The average Bonchev–Trinajstić information content (AvgIpc) is 2.34. The molecule has 0 heterocycles. The minimum Gasteiger partial charge on any atom is -0.327 e. The van der Waals surface area contributed by atoms with E-state index in [-0.39, 0.29) is 6.42 Å². The first-order valence-corrected chi connectivity index (χ1v) is 5.83. The van der Waals surface area contributed by atoms with Gasteiger partial charge in [-0.25, -0.2) is 0 Å². The Bertz CT molecular complexity index is 426. The highest BCUT2D eigenvalue weighted by molar-refractivity contribution is 5.16. The first-order valence-electron chi connectivity index (χ1n) is 5.83. The van der Waals surface area contributed by atoms with Crippen LogP contribution in [-0.2, 0) is 6.42 Å². The van der Waals surface area contributed by atoms with E-state index in [1.807, 2.05) is 30.3 Å². The molecule has 1 aromatic carbocycles. The lowest BCUT2D eigenvalue weighted by Gasteiger charge is -2.20. The number of nitrogens with zero attached hydrogens (tertiary/aromatic N) is 3. The second-order valence-corrected chi connectivity index (χ2v) is 4.28. The fraction of sp³-hybridized carbons (Fsp3) is 0.500. The van der Waals surface area contributed by atoms with Crippen LogP contribution in [0.15, 0.2) is 35.4 Å². The van der Waals surface area contributed by atoms with Gasteiger partial charge in [-0.05, 0) is 23.9 Å². The van der Waals surface area contributed by atoms with Crippen LogP contribution >= 0.6 is 0 Å². The zero-order valence-corrected chi connectivity index (χ0v) is 10.2. The summed E-state index contributed by atoms with van der Waals surface area (Å²) in [7, 11) is 0. The maximum atomic E-state index is 12.2. The summed E-state index contributed by atoms with van der Waals surface area (Å²) in [5.41, 5.74) is 15.1. The van der Waals surface area contributed by atoms with Crippen molar-refractivity contribution in [3.63, 3.8) is 0 Å². The van der Waals surface area contributed by atoms with E-state index in [0.717, 1.165) is 5.56 Å². The normalized spacial score (nSPS) is 14.5. The Hall–Kier alpha value is -1.72. The quantitative estimate of drug-likeness (QED) is 0.479. The highest BCUT2D eigenvalue weighted by Crippen LogP contribution is 2.24. The van der Waals surface area contributed by atoms with Gasteiger partial charge >= 0.3 is 6.18 Å². The van der Waals surface area contributed by atoms with Crippen LogP contribution in [0.5, 0.6) is 0 Å². The number of azide groups is 1. The molecule has 19 heavy (non-hydrogen) atoms. The van der Waals surface area contributed by atoms with E-state index in [0.29, 0.717) is 6.42 Å². The number of halogens is 3. The van der Waals surface area contributed by atoms with Crippen molar-refractivity contribution in [3.05, 3.63) is 46.3 Å². The molecule has 104 valence electrons. The average molecular weight is 272 g/mol. The van der Waals surface area contributed by atoms with Crippen LogP contribution in [0, 0.1) is 0 Å². The monoisotopic (exact) mass is 272 g/mol. The number of alkyl halides is 3. The van der Waals surface area contributed by atoms with Gasteiger partial charge < -0.3 is 5.73 Å². The standard InChI is InChI=1S/C12H15F3N4/c13-12(14,15)7-6-11(18-19-17)10(16)8-9-4-2-1-3-5-9/h1-5,10-11H,6-8,16H2/t10-,11-/m0/s1. The van der Waals surface area contributed by atoms with Crippen LogP contribution < -0.4 is 5.73 Å². The molecule has 0 bridgehead atoms. The Morgan fingerprint density at radius 3 is 2.42 bits per heavy atom. The number of benzene rings is 1.